The van der Waals surface area contributed by atoms with Crippen molar-refractivity contribution in [3.63, 3.8) is 0 Å². The molecule has 0 bridgehead atoms. The molecule has 1 aliphatic carbocycles. The van der Waals surface area contributed by atoms with Crippen molar-refractivity contribution in [2.75, 3.05) is 0 Å². The van der Waals surface area contributed by atoms with Crippen molar-refractivity contribution in [3.8, 4) is 0 Å². The first-order valence-corrected chi connectivity index (χ1v) is 10.2. The van der Waals surface area contributed by atoms with Gasteiger partial charge in [0.25, 0.3) is 0 Å². The van der Waals surface area contributed by atoms with Gasteiger partial charge in [-0.25, -0.2) is 0 Å². The lowest BCUT2D eigenvalue weighted by molar-refractivity contribution is 0.624. The van der Waals surface area contributed by atoms with Crippen molar-refractivity contribution in [1.82, 2.24) is 0 Å². The Bertz CT molecular complexity index is 190. The molecule has 0 nitrogen and oxygen atoms in total. The molecule has 0 heterocycles. The lowest BCUT2D eigenvalue weighted by Gasteiger charge is -2.43. The maximum absolute atomic E-state index is 2.60. The monoisotopic (exact) mass is 239 g/mol. The first-order valence-electron chi connectivity index (χ1n) is 7.21. The molecule has 0 aromatic carbocycles. The molecule has 1 fully saturated rings. The van der Waals surface area contributed by atoms with Crippen LogP contribution in [0.2, 0.25) is 18.1 Å². The fourth-order valence-corrected chi connectivity index (χ4v) is 5.33. The van der Waals surface area contributed by atoms with Gasteiger partial charge in [-0.15, -0.1) is 0 Å². The van der Waals surface area contributed by atoms with E-state index in [9.17, 15) is 0 Å². The zero-order chi connectivity index (χ0) is 12.2. The van der Waals surface area contributed by atoms with E-state index in [4.69, 9.17) is 0 Å². The van der Waals surface area contributed by atoms with Crippen LogP contribution in [0, 0.1) is 5.54 Å². The van der Waals surface area contributed by atoms with Gasteiger partial charge in [0.05, 0.1) is 8.07 Å². The molecular weight excluding hydrogens is 208 g/mol. The minimum absolute atomic E-state index is 0.538. The lowest BCUT2D eigenvalue weighted by atomic mass is 10.1. The zero-order valence-corrected chi connectivity index (χ0v) is 13.2. The molecule has 0 spiro atoms. The lowest BCUT2D eigenvalue weighted by Crippen LogP contribution is -2.44. The Kier molecular flexibility index (Phi) is 5.09. The van der Waals surface area contributed by atoms with Gasteiger partial charge in [0.2, 0.25) is 0 Å². The molecule has 16 heavy (non-hydrogen) atoms. The van der Waals surface area contributed by atoms with Gasteiger partial charge in [-0.2, -0.15) is 0 Å². The summed E-state index contributed by atoms with van der Waals surface area (Å²) in [5, 5.41) is 0.538. The molecule has 0 atom stereocenters. The first kappa shape index (κ1) is 14.3. The second kappa shape index (κ2) is 5.71. The van der Waals surface area contributed by atoms with Crippen LogP contribution >= 0.6 is 0 Å². The zero-order valence-electron chi connectivity index (χ0n) is 12.2. The van der Waals surface area contributed by atoms with E-state index in [-0.39, 0.29) is 0 Å². The van der Waals surface area contributed by atoms with Gasteiger partial charge >= 0.3 is 0 Å². The van der Waals surface area contributed by atoms with E-state index in [1.54, 1.807) is 0 Å². The SMILES string of the molecule is CC(C)(C)[Si](C)(C)[C]1CCCCCCCC1. The van der Waals surface area contributed by atoms with Gasteiger partial charge in [-0.05, 0) is 23.4 Å². The van der Waals surface area contributed by atoms with Gasteiger partial charge in [-0.3, -0.25) is 0 Å². The second-order valence-corrected chi connectivity index (χ2v) is 12.6. The molecule has 1 saturated carbocycles. The average Bonchev–Trinajstić information content (AvgIpc) is 2.28. The highest BCUT2D eigenvalue weighted by Gasteiger charge is 2.41. The Hall–Kier alpha value is 0.217. The molecule has 0 unspecified atom stereocenters. The van der Waals surface area contributed by atoms with Crippen LogP contribution < -0.4 is 0 Å². The summed E-state index contributed by atoms with van der Waals surface area (Å²) in [6, 6.07) is 0. The molecule has 0 aliphatic heterocycles. The highest BCUT2D eigenvalue weighted by Crippen LogP contribution is 2.45. The smallest absolute Gasteiger partial charge is 0.0592 e. The second-order valence-electron chi connectivity index (χ2n) is 7.10. The van der Waals surface area contributed by atoms with Gasteiger partial charge in [0.15, 0.2) is 0 Å². The fraction of sp³-hybridized carbons (Fsp3) is 0.933. The maximum Gasteiger partial charge on any atom is 0.0592 e. The quantitative estimate of drug-likeness (QED) is 0.512. The molecule has 1 heteroatoms. The van der Waals surface area contributed by atoms with E-state index in [2.05, 4.69) is 33.9 Å². The molecule has 1 aliphatic rings. The van der Waals surface area contributed by atoms with Crippen molar-refractivity contribution in [2.24, 2.45) is 0 Å². The van der Waals surface area contributed by atoms with Crippen LogP contribution in [0.1, 0.15) is 72.1 Å². The van der Waals surface area contributed by atoms with Crippen molar-refractivity contribution >= 4 is 8.07 Å². The number of rotatable bonds is 1. The summed E-state index contributed by atoms with van der Waals surface area (Å²) < 4.78 is 0. The molecule has 0 amide bonds. The maximum atomic E-state index is 2.60. The van der Waals surface area contributed by atoms with Gasteiger partial charge < -0.3 is 0 Å². The Morgan fingerprint density at radius 1 is 0.750 bits per heavy atom. The normalized spacial score (nSPS) is 22.3. The van der Waals surface area contributed by atoms with E-state index in [0.29, 0.717) is 5.04 Å². The Balaban J connectivity index is 2.67. The molecule has 95 valence electrons. The van der Waals surface area contributed by atoms with Gasteiger partial charge in [0.1, 0.15) is 0 Å². The highest BCUT2D eigenvalue weighted by atomic mass is 28.3. The fourth-order valence-electron chi connectivity index (χ4n) is 2.66. The number of hydrogen-bond donors (Lipinski definition) is 0. The van der Waals surface area contributed by atoms with Crippen LogP contribution in [0.15, 0.2) is 0 Å². The Labute approximate surface area is 104 Å². The standard InChI is InChI=1S/C15H31Si/c1-15(2,3)16(4,5)14-12-10-8-6-7-9-11-13-14/h6-13H2,1-5H3. The summed E-state index contributed by atoms with van der Waals surface area (Å²) in [4.78, 5) is 0. The summed E-state index contributed by atoms with van der Waals surface area (Å²) in [6.45, 7) is 12.6. The summed E-state index contributed by atoms with van der Waals surface area (Å²) in [5.41, 5.74) is 1.97. The van der Waals surface area contributed by atoms with Crippen molar-refractivity contribution < 1.29 is 0 Å². The van der Waals surface area contributed by atoms with Crippen LogP contribution in [0.3, 0.4) is 0 Å². The summed E-state index contributed by atoms with van der Waals surface area (Å²) >= 11 is 0. The predicted octanol–water partition coefficient (Wildman–Crippen LogP) is 5.74. The van der Waals surface area contributed by atoms with Crippen LogP contribution in [-0.4, -0.2) is 8.07 Å². The van der Waals surface area contributed by atoms with E-state index < -0.39 is 8.07 Å². The molecule has 0 saturated heterocycles. The van der Waals surface area contributed by atoms with E-state index in [0.717, 1.165) is 0 Å². The Morgan fingerprint density at radius 2 is 1.12 bits per heavy atom. The van der Waals surface area contributed by atoms with Crippen molar-refractivity contribution in [2.45, 2.75) is 90.3 Å². The largest absolute Gasteiger partial charge is 0.0686 e. The van der Waals surface area contributed by atoms with Gasteiger partial charge in [0, 0.05) is 0 Å². The Morgan fingerprint density at radius 3 is 1.50 bits per heavy atom. The van der Waals surface area contributed by atoms with Crippen molar-refractivity contribution in [1.29, 1.82) is 0 Å². The van der Waals surface area contributed by atoms with Gasteiger partial charge in [-0.1, -0.05) is 72.4 Å². The summed E-state index contributed by atoms with van der Waals surface area (Å²) in [6.07, 6.45) is 11.7. The van der Waals surface area contributed by atoms with E-state index >= 15 is 0 Å². The third-order valence-electron chi connectivity index (χ3n) is 4.97. The average molecular weight is 239 g/mol. The molecule has 1 radical (unpaired) electrons. The van der Waals surface area contributed by atoms with Crippen molar-refractivity contribution in [3.05, 3.63) is 5.54 Å². The molecular formula is C15H31Si. The van der Waals surface area contributed by atoms with E-state index in [1.807, 2.05) is 5.54 Å². The molecule has 0 aromatic rings. The third-order valence-corrected chi connectivity index (χ3v) is 11.0. The van der Waals surface area contributed by atoms with E-state index in [1.165, 1.54) is 51.4 Å². The molecule has 0 aromatic heterocycles. The molecule has 1 rings (SSSR count). The van der Waals surface area contributed by atoms with Crippen LogP contribution in [0.4, 0.5) is 0 Å². The van der Waals surface area contributed by atoms with Crippen LogP contribution in [-0.2, 0) is 0 Å². The minimum atomic E-state index is -1.16. The third kappa shape index (κ3) is 3.61. The first-order chi connectivity index (χ1) is 7.36. The highest BCUT2D eigenvalue weighted by molar-refractivity contribution is 6.85. The minimum Gasteiger partial charge on any atom is -0.0686 e. The van der Waals surface area contributed by atoms with Crippen LogP contribution in [0.25, 0.3) is 0 Å². The predicted molar refractivity (Wildman–Crippen MR) is 77.4 cm³/mol. The summed E-state index contributed by atoms with van der Waals surface area (Å²) in [7, 11) is -1.16. The number of hydrogen-bond acceptors (Lipinski definition) is 0. The van der Waals surface area contributed by atoms with Crippen LogP contribution in [0.5, 0.6) is 0 Å². The molecule has 0 N–H and O–H groups in total. The summed E-state index contributed by atoms with van der Waals surface area (Å²) in [5.74, 6) is 0. The topological polar surface area (TPSA) is 0 Å².